The van der Waals surface area contributed by atoms with Crippen LogP contribution in [0, 0.1) is 5.92 Å². The molecule has 0 aliphatic carbocycles. The number of rotatable bonds is 4. The lowest BCUT2D eigenvalue weighted by atomic mass is 9.83. The molecule has 3 aliphatic heterocycles. The molecule has 4 rings (SSSR count). The van der Waals surface area contributed by atoms with E-state index in [9.17, 15) is 5.11 Å². The van der Waals surface area contributed by atoms with Gasteiger partial charge >= 0.3 is 0 Å². The molecular weight excluding hydrogens is 386 g/mol. The van der Waals surface area contributed by atoms with Crippen LogP contribution in [0.5, 0.6) is 0 Å². The number of aromatic nitrogens is 1. The number of aliphatic hydroxyl groups is 1. The van der Waals surface area contributed by atoms with Crippen molar-refractivity contribution in [3.63, 3.8) is 0 Å². The topological polar surface area (TPSA) is 55.3 Å². The molecule has 4 heterocycles. The van der Waals surface area contributed by atoms with Crippen molar-refractivity contribution in [3.05, 3.63) is 10.7 Å². The van der Waals surface area contributed by atoms with Gasteiger partial charge in [-0.2, -0.15) is 4.42 Å². The first-order valence-electron chi connectivity index (χ1n) is 9.84. The largest absolute Gasteiger partial charge is 0.390 e. The summed E-state index contributed by atoms with van der Waals surface area (Å²) in [6.45, 7) is 11.5. The molecule has 0 spiro atoms. The Kier molecular flexibility index (Phi) is 5.95. The summed E-state index contributed by atoms with van der Waals surface area (Å²) >= 11 is 8.18. The number of ether oxygens (including phenoxy) is 1. The molecule has 0 aromatic carbocycles. The van der Waals surface area contributed by atoms with Gasteiger partial charge < -0.3 is 9.84 Å². The Morgan fingerprint density at radius 2 is 1.93 bits per heavy atom. The molecule has 0 saturated carbocycles. The normalized spacial score (nSPS) is 24.4. The van der Waals surface area contributed by atoms with E-state index < -0.39 is 5.60 Å². The predicted molar refractivity (Wildman–Crippen MR) is 108 cm³/mol. The maximum absolute atomic E-state index is 10.2. The molecule has 0 bridgehead atoms. The summed E-state index contributed by atoms with van der Waals surface area (Å²) in [6, 6.07) is 0. The molecule has 2 fully saturated rings. The Labute approximate surface area is 170 Å². The molecule has 0 amide bonds. The van der Waals surface area contributed by atoms with Crippen molar-refractivity contribution in [3.8, 4) is 0 Å². The van der Waals surface area contributed by atoms with Crippen LogP contribution < -0.4 is 5.01 Å². The smallest absolute Gasteiger partial charge is 0.132 e. The third-order valence-electron chi connectivity index (χ3n) is 5.84. The van der Waals surface area contributed by atoms with Gasteiger partial charge in [0, 0.05) is 13.1 Å². The van der Waals surface area contributed by atoms with Gasteiger partial charge in [0.2, 0.25) is 0 Å². The Morgan fingerprint density at radius 1 is 1.22 bits per heavy atom. The molecule has 27 heavy (non-hydrogen) atoms. The molecule has 1 aromatic heterocycles. The Morgan fingerprint density at radius 3 is 2.59 bits per heavy atom. The van der Waals surface area contributed by atoms with E-state index in [-0.39, 0.29) is 0 Å². The predicted octanol–water partition coefficient (Wildman–Crippen LogP) is 2.11. The minimum atomic E-state index is -0.575. The second-order valence-electron chi connectivity index (χ2n) is 8.29. The third-order valence-corrected chi connectivity index (χ3v) is 7.16. The van der Waals surface area contributed by atoms with Gasteiger partial charge in [-0.1, -0.05) is 11.3 Å². The van der Waals surface area contributed by atoms with Gasteiger partial charge in [0.15, 0.2) is 0 Å². The van der Waals surface area contributed by atoms with Crippen LogP contribution in [-0.4, -0.2) is 76.1 Å². The molecule has 9 heteroatoms. The van der Waals surface area contributed by atoms with Crippen LogP contribution in [0.4, 0.5) is 5.00 Å². The monoisotopic (exact) mass is 415 g/mol. The van der Waals surface area contributed by atoms with Gasteiger partial charge in [0.05, 0.1) is 37.6 Å². The number of nitrogens with zero attached hydrogens (tertiary/aromatic N) is 5. The number of anilines is 1. The average Bonchev–Trinajstić information content (AvgIpc) is 3.03. The van der Waals surface area contributed by atoms with E-state index in [0.29, 0.717) is 19.1 Å². The van der Waals surface area contributed by atoms with Gasteiger partial charge in [-0.15, -0.1) is 0 Å². The van der Waals surface area contributed by atoms with E-state index in [2.05, 4.69) is 14.9 Å². The standard InChI is InChI=1S/C18H30ClN5O2S/c1-18(2,25)14-3-5-21(6-4-14)12-16-20-15-11-22(19)13-24(17(15)27-16)23-7-9-26-10-8-23/h14,25H,3-13H2,1-2H3. The Bertz CT molecular complexity index is 638. The summed E-state index contributed by atoms with van der Waals surface area (Å²) in [5, 5.41) is 17.2. The first kappa shape index (κ1) is 19.8. The number of morpholine rings is 1. The van der Waals surface area contributed by atoms with E-state index in [4.69, 9.17) is 21.5 Å². The lowest BCUT2D eigenvalue weighted by Crippen LogP contribution is -2.53. The number of piperidine rings is 1. The lowest BCUT2D eigenvalue weighted by molar-refractivity contribution is -0.0136. The number of hydrogen-bond donors (Lipinski definition) is 1. The summed E-state index contributed by atoms with van der Waals surface area (Å²) < 4.78 is 7.29. The second-order valence-corrected chi connectivity index (χ2v) is 9.83. The molecular formula is C18H30ClN5O2S. The molecule has 3 aliphatic rings. The quantitative estimate of drug-likeness (QED) is 0.756. The minimum Gasteiger partial charge on any atom is -0.390 e. The van der Waals surface area contributed by atoms with Crippen LogP contribution in [0.1, 0.15) is 37.4 Å². The number of fused-ring (bicyclic) bond motifs is 1. The maximum atomic E-state index is 10.2. The summed E-state index contributed by atoms with van der Waals surface area (Å²) in [6.07, 6.45) is 2.09. The van der Waals surface area contributed by atoms with Crippen molar-refractivity contribution in [2.24, 2.45) is 5.92 Å². The number of hydrazine groups is 1. The zero-order valence-electron chi connectivity index (χ0n) is 16.2. The molecule has 152 valence electrons. The number of likely N-dealkylation sites (tertiary alicyclic amines) is 1. The molecule has 0 atom stereocenters. The van der Waals surface area contributed by atoms with Gasteiger partial charge in [-0.3, -0.25) is 9.91 Å². The molecule has 1 N–H and O–H groups in total. The Hall–Kier alpha value is -0.480. The highest BCUT2D eigenvalue weighted by Crippen LogP contribution is 2.36. The van der Waals surface area contributed by atoms with E-state index >= 15 is 0 Å². The number of hydrogen-bond acceptors (Lipinski definition) is 8. The summed E-state index contributed by atoms with van der Waals surface area (Å²) in [5.41, 5.74) is 0.503. The van der Waals surface area contributed by atoms with Crippen molar-refractivity contribution in [2.75, 3.05) is 51.1 Å². The van der Waals surface area contributed by atoms with Crippen LogP contribution in [-0.2, 0) is 17.8 Å². The highest BCUT2D eigenvalue weighted by Gasteiger charge is 2.33. The molecule has 0 unspecified atom stereocenters. The number of halogens is 1. The second kappa shape index (κ2) is 8.10. The lowest BCUT2D eigenvalue weighted by Gasteiger charge is -2.41. The van der Waals surface area contributed by atoms with Gasteiger partial charge in [-0.05, 0) is 57.5 Å². The maximum Gasteiger partial charge on any atom is 0.132 e. The Balaban J connectivity index is 1.42. The fourth-order valence-electron chi connectivity index (χ4n) is 4.19. The molecule has 2 saturated heterocycles. The van der Waals surface area contributed by atoms with Crippen molar-refractivity contribution < 1.29 is 9.84 Å². The van der Waals surface area contributed by atoms with Gasteiger partial charge in [-0.25, -0.2) is 9.99 Å². The van der Waals surface area contributed by atoms with Crippen LogP contribution in [0.3, 0.4) is 0 Å². The van der Waals surface area contributed by atoms with Crippen LogP contribution >= 0.6 is 23.1 Å². The highest BCUT2D eigenvalue weighted by atomic mass is 35.5. The van der Waals surface area contributed by atoms with Crippen LogP contribution in [0.25, 0.3) is 0 Å². The SMILES string of the molecule is CC(C)(O)C1CCN(Cc2nc3c(s2)N(N2CCOCC2)CN(Cl)C3)CC1. The zero-order valence-corrected chi connectivity index (χ0v) is 17.8. The van der Waals surface area contributed by atoms with Crippen molar-refractivity contribution >= 4 is 28.1 Å². The van der Waals surface area contributed by atoms with Crippen LogP contribution in [0.15, 0.2) is 0 Å². The first-order valence-corrected chi connectivity index (χ1v) is 11.0. The van der Waals surface area contributed by atoms with E-state index in [0.717, 1.165) is 69.5 Å². The number of thiazole rings is 1. The van der Waals surface area contributed by atoms with Crippen molar-refractivity contribution in [1.29, 1.82) is 0 Å². The molecule has 0 radical (unpaired) electrons. The minimum absolute atomic E-state index is 0.389. The summed E-state index contributed by atoms with van der Waals surface area (Å²) in [5.74, 6) is 0.389. The molecule has 1 aromatic rings. The fourth-order valence-corrected chi connectivity index (χ4v) is 5.54. The summed E-state index contributed by atoms with van der Waals surface area (Å²) in [4.78, 5) is 7.37. The highest BCUT2D eigenvalue weighted by molar-refractivity contribution is 7.15. The fraction of sp³-hybridized carbons (Fsp3) is 0.833. The zero-order chi connectivity index (χ0) is 19.0. The van der Waals surface area contributed by atoms with Gasteiger partial charge in [0.1, 0.15) is 16.7 Å². The van der Waals surface area contributed by atoms with Crippen LogP contribution in [0.2, 0.25) is 0 Å². The van der Waals surface area contributed by atoms with E-state index in [1.54, 1.807) is 15.8 Å². The van der Waals surface area contributed by atoms with Gasteiger partial charge in [0.25, 0.3) is 0 Å². The van der Waals surface area contributed by atoms with E-state index in [1.807, 2.05) is 13.8 Å². The van der Waals surface area contributed by atoms with Crippen molar-refractivity contribution in [1.82, 2.24) is 19.3 Å². The van der Waals surface area contributed by atoms with Crippen molar-refractivity contribution in [2.45, 2.75) is 45.4 Å². The third kappa shape index (κ3) is 4.58. The summed E-state index contributed by atoms with van der Waals surface area (Å²) in [7, 11) is 0. The first-order chi connectivity index (χ1) is 12.9. The molecule has 7 nitrogen and oxygen atoms in total. The average molecular weight is 416 g/mol. The van der Waals surface area contributed by atoms with E-state index in [1.165, 1.54) is 5.00 Å².